The Morgan fingerprint density at radius 2 is 1.85 bits per heavy atom. The van der Waals surface area contributed by atoms with E-state index in [1.807, 2.05) is 42.5 Å². The molecular formula is C19H23N3O3S. The molecule has 6 nitrogen and oxygen atoms in total. The van der Waals surface area contributed by atoms with Crippen molar-refractivity contribution < 1.29 is 13.2 Å². The van der Waals surface area contributed by atoms with Crippen molar-refractivity contribution in [3.05, 3.63) is 48.0 Å². The molecule has 1 heterocycles. The zero-order valence-corrected chi connectivity index (χ0v) is 15.9. The summed E-state index contributed by atoms with van der Waals surface area (Å²) in [5.74, 6) is 0.790. The van der Waals surface area contributed by atoms with E-state index >= 15 is 0 Å². The number of aryl methyl sites for hydroxylation is 1. The number of nitrogens with zero attached hydrogens (tertiary/aromatic N) is 1. The molecule has 0 fully saturated rings. The van der Waals surface area contributed by atoms with Gasteiger partial charge in [0.05, 0.1) is 30.3 Å². The molecule has 0 aliphatic carbocycles. The molecule has 0 bridgehead atoms. The van der Waals surface area contributed by atoms with Crippen molar-refractivity contribution in [2.24, 2.45) is 0 Å². The minimum Gasteiger partial charge on any atom is -0.497 e. The summed E-state index contributed by atoms with van der Waals surface area (Å²) in [4.78, 5) is 0. The van der Waals surface area contributed by atoms with E-state index in [1.54, 1.807) is 7.11 Å². The SMILES string of the molecule is CCn1c(-c2ccc(CNS(C)(=O)=O)cc2)c(N)c2ccc(OC)cc21. The summed E-state index contributed by atoms with van der Waals surface area (Å²) < 4.78 is 32.5. The summed E-state index contributed by atoms with van der Waals surface area (Å²) in [6.07, 6.45) is 1.15. The van der Waals surface area contributed by atoms with E-state index in [-0.39, 0.29) is 6.54 Å². The maximum absolute atomic E-state index is 11.2. The van der Waals surface area contributed by atoms with Crippen molar-refractivity contribution in [2.45, 2.75) is 20.0 Å². The van der Waals surface area contributed by atoms with Crippen LogP contribution in [0.4, 0.5) is 5.69 Å². The van der Waals surface area contributed by atoms with Gasteiger partial charge in [0.1, 0.15) is 5.75 Å². The highest BCUT2D eigenvalue weighted by Gasteiger charge is 2.16. The summed E-state index contributed by atoms with van der Waals surface area (Å²) in [5.41, 5.74) is 11.0. The molecule has 138 valence electrons. The van der Waals surface area contributed by atoms with E-state index in [9.17, 15) is 8.42 Å². The number of nitrogen functional groups attached to an aromatic ring is 1. The summed E-state index contributed by atoms with van der Waals surface area (Å²) in [7, 11) is -1.57. The Labute approximate surface area is 153 Å². The lowest BCUT2D eigenvalue weighted by Crippen LogP contribution is -2.21. The number of anilines is 1. The van der Waals surface area contributed by atoms with Crippen molar-refractivity contribution in [3.8, 4) is 17.0 Å². The van der Waals surface area contributed by atoms with E-state index in [1.165, 1.54) is 0 Å². The van der Waals surface area contributed by atoms with Crippen LogP contribution in [0.25, 0.3) is 22.2 Å². The van der Waals surface area contributed by atoms with Gasteiger partial charge in [0.2, 0.25) is 10.0 Å². The Balaban J connectivity index is 2.03. The van der Waals surface area contributed by atoms with Crippen LogP contribution >= 0.6 is 0 Å². The van der Waals surface area contributed by atoms with Crippen molar-refractivity contribution in [3.63, 3.8) is 0 Å². The van der Waals surface area contributed by atoms with E-state index in [0.29, 0.717) is 0 Å². The van der Waals surface area contributed by atoms with Crippen LogP contribution < -0.4 is 15.2 Å². The van der Waals surface area contributed by atoms with Crippen LogP contribution in [0, 0.1) is 0 Å². The Bertz CT molecular complexity index is 1040. The van der Waals surface area contributed by atoms with Gasteiger partial charge in [0.15, 0.2) is 0 Å². The van der Waals surface area contributed by atoms with Crippen molar-refractivity contribution in [1.82, 2.24) is 9.29 Å². The zero-order valence-electron chi connectivity index (χ0n) is 15.1. The minimum absolute atomic E-state index is 0.266. The molecule has 26 heavy (non-hydrogen) atoms. The third-order valence-electron chi connectivity index (χ3n) is 4.39. The Hall–Kier alpha value is -2.51. The maximum atomic E-state index is 11.2. The second-order valence-corrected chi connectivity index (χ2v) is 8.01. The number of hydrogen-bond donors (Lipinski definition) is 2. The van der Waals surface area contributed by atoms with Gasteiger partial charge in [-0.1, -0.05) is 24.3 Å². The molecule has 1 aromatic heterocycles. The normalized spacial score (nSPS) is 11.8. The summed E-state index contributed by atoms with van der Waals surface area (Å²) in [6.45, 7) is 3.11. The van der Waals surface area contributed by atoms with Crippen molar-refractivity contribution >= 4 is 26.6 Å². The van der Waals surface area contributed by atoms with Crippen LogP contribution in [-0.4, -0.2) is 26.4 Å². The second-order valence-electron chi connectivity index (χ2n) is 6.18. The minimum atomic E-state index is -3.21. The molecule has 3 aromatic rings. The van der Waals surface area contributed by atoms with Crippen molar-refractivity contribution in [1.29, 1.82) is 0 Å². The number of benzene rings is 2. The number of rotatable bonds is 6. The number of nitrogens with two attached hydrogens (primary N) is 1. The lowest BCUT2D eigenvalue weighted by Gasteiger charge is -2.10. The van der Waals surface area contributed by atoms with E-state index in [2.05, 4.69) is 16.2 Å². The monoisotopic (exact) mass is 373 g/mol. The molecule has 3 rings (SSSR count). The van der Waals surface area contributed by atoms with Gasteiger partial charge in [0.25, 0.3) is 0 Å². The van der Waals surface area contributed by atoms with Crippen LogP contribution in [0.3, 0.4) is 0 Å². The molecular weight excluding hydrogens is 350 g/mol. The van der Waals surface area contributed by atoms with Gasteiger partial charge < -0.3 is 15.0 Å². The van der Waals surface area contributed by atoms with Crippen LogP contribution in [0.5, 0.6) is 5.75 Å². The first-order valence-electron chi connectivity index (χ1n) is 8.33. The first-order chi connectivity index (χ1) is 12.3. The number of sulfonamides is 1. The Morgan fingerprint density at radius 3 is 2.42 bits per heavy atom. The van der Waals surface area contributed by atoms with Gasteiger partial charge in [-0.2, -0.15) is 0 Å². The van der Waals surface area contributed by atoms with E-state index in [0.717, 1.165) is 52.0 Å². The van der Waals surface area contributed by atoms with Crippen LogP contribution in [0.15, 0.2) is 42.5 Å². The predicted octanol–water partition coefficient (Wildman–Crippen LogP) is 2.97. The molecule has 0 spiro atoms. The quantitative estimate of drug-likeness (QED) is 0.695. The first-order valence-corrected chi connectivity index (χ1v) is 10.2. The Kier molecular flexibility index (Phi) is 4.93. The highest BCUT2D eigenvalue weighted by molar-refractivity contribution is 7.88. The third-order valence-corrected chi connectivity index (χ3v) is 5.06. The molecule has 3 N–H and O–H groups in total. The molecule has 7 heteroatoms. The molecule has 0 atom stereocenters. The largest absolute Gasteiger partial charge is 0.497 e. The predicted molar refractivity (Wildman–Crippen MR) is 106 cm³/mol. The highest BCUT2D eigenvalue weighted by atomic mass is 32.2. The fourth-order valence-corrected chi connectivity index (χ4v) is 3.55. The van der Waals surface area contributed by atoms with Gasteiger partial charge in [0, 0.05) is 30.1 Å². The van der Waals surface area contributed by atoms with Gasteiger partial charge >= 0.3 is 0 Å². The summed E-state index contributed by atoms with van der Waals surface area (Å²) in [6, 6.07) is 13.6. The van der Waals surface area contributed by atoms with Gasteiger partial charge in [-0.05, 0) is 24.6 Å². The summed E-state index contributed by atoms with van der Waals surface area (Å²) in [5, 5.41) is 0.991. The Morgan fingerprint density at radius 1 is 1.15 bits per heavy atom. The van der Waals surface area contributed by atoms with Gasteiger partial charge in [-0.3, -0.25) is 0 Å². The van der Waals surface area contributed by atoms with Gasteiger partial charge in [-0.25, -0.2) is 13.1 Å². The number of methoxy groups -OCH3 is 1. The smallest absolute Gasteiger partial charge is 0.209 e. The third kappa shape index (κ3) is 3.54. The number of ether oxygens (including phenoxy) is 1. The molecule has 0 aliphatic rings. The molecule has 0 aliphatic heterocycles. The first kappa shape index (κ1) is 18.3. The average Bonchev–Trinajstić information content (AvgIpc) is 2.91. The molecule has 0 amide bonds. The van der Waals surface area contributed by atoms with Crippen LogP contribution in [0.2, 0.25) is 0 Å². The van der Waals surface area contributed by atoms with E-state index < -0.39 is 10.0 Å². The molecule has 0 saturated carbocycles. The van der Waals surface area contributed by atoms with Gasteiger partial charge in [-0.15, -0.1) is 0 Å². The maximum Gasteiger partial charge on any atom is 0.209 e. The number of aromatic nitrogens is 1. The zero-order chi connectivity index (χ0) is 18.9. The van der Waals surface area contributed by atoms with Crippen LogP contribution in [-0.2, 0) is 23.1 Å². The summed E-state index contributed by atoms with van der Waals surface area (Å²) >= 11 is 0. The molecule has 0 saturated heterocycles. The topological polar surface area (TPSA) is 86.4 Å². The fourth-order valence-electron chi connectivity index (χ4n) is 3.12. The highest BCUT2D eigenvalue weighted by Crippen LogP contribution is 2.37. The lowest BCUT2D eigenvalue weighted by atomic mass is 10.1. The number of fused-ring (bicyclic) bond motifs is 1. The number of nitrogens with one attached hydrogen (secondary N) is 1. The average molecular weight is 373 g/mol. The lowest BCUT2D eigenvalue weighted by molar-refractivity contribution is 0.415. The van der Waals surface area contributed by atoms with Crippen molar-refractivity contribution in [2.75, 3.05) is 19.1 Å². The standard InChI is InChI=1S/C19H23N3O3S/c1-4-22-17-11-15(25-2)9-10-16(17)18(20)19(22)14-7-5-13(6-8-14)12-21-26(3,23)24/h5-11,21H,4,12,20H2,1-3H3. The molecule has 0 unspecified atom stereocenters. The fraction of sp³-hybridized carbons (Fsp3) is 0.263. The molecule has 2 aromatic carbocycles. The van der Waals surface area contributed by atoms with E-state index in [4.69, 9.17) is 10.5 Å². The molecule has 0 radical (unpaired) electrons. The second kappa shape index (κ2) is 7.01. The number of hydrogen-bond acceptors (Lipinski definition) is 4. The van der Waals surface area contributed by atoms with Crippen LogP contribution in [0.1, 0.15) is 12.5 Å².